The van der Waals surface area contributed by atoms with E-state index in [9.17, 15) is 9.59 Å². The Kier molecular flexibility index (Phi) is 8.72. The number of urea groups is 1. The number of carbonyl (C=O) groups is 2. The predicted octanol–water partition coefficient (Wildman–Crippen LogP) is 4.38. The number of ether oxygens (including phenoxy) is 2. The second-order valence-corrected chi connectivity index (χ2v) is 9.32. The van der Waals surface area contributed by atoms with Gasteiger partial charge in [-0.25, -0.2) is 9.78 Å². The van der Waals surface area contributed by atoms with E-state index in [2.05, 4.69) is 10.3 Å². The van der Waals surface area contributed by atoms with Crippen molar-refractivity contribution in [1.82, 2.24) is 14.8 Å². The van der Waals surface area contributed by atoms with E-state index >= 15 is 0 Å². The molecule has 0 spiro atoms. The lowest BCUT2D eigenvalue weighted by Gasteiger charge is -2.34. The maximum atomic E-state index is 12.9. The molecule has 0 saturated carbocycles. The zero-order chi connectivity index (χ0) is 23.3. The number of rotatable bonds is 7. The lowest BCUT2D eigenvalue weighted by Crippen LogP contribution is -2.48. The van der Waals surface area contributed by atoms with Crippen LogP contribution in [0, 0.1) is 0 Å². The number of amides is 3. The van der Waals surface area contributed by atoms with Gasteiger partial charge in [-0.3, -0.25) is 4.79 Å². The molecular weight excluding hydrogens is 475 g/mol. The largest absolute Gasteiger partial charge is 0.383 e. The summed E-state index contributed by atoms with van der Waals surface area (Å²) in [5.41, 5.74) is 0.903. The number of thiazole rings is 1. The first kappa shape index (κ1) is 24.7. The first-order valence-corrected chi connectivity index (χ1v) is 11.8. The molecule has 174 valence electrons. The Balaban J connectivity index is 1.67. The molecule has 2 aromatic rings. The van der Waals surface area contributed by atoms with Gasteiger partial charge in [-0.15, -0.1) is 11.3 Å². The number of benzene rings is 1. The molecule has 0 aliphatic carbocycles. The van der Waals surface area contributed by atoms with Crippen molar-refractivity contribution in [3.63, 3.8) is 0 Å². The molecule has 1 aliphatic heterocycles. The van der Waals surface area contributed by atoms with Gasteiger partial charge in [-0.2, -0.15) is 0 Å². The molecule has 11 heteroatoms. The maximum absolute atomic E-state index is 12.9. The van der Waals surface area contributed by atoms with E-state index in [1.165, 1.54) is 11.3 Å². The normalized spacial score (nSPS) is 18.5. The molecule has 1 N–H and O–H groups in total. The molecule has 1 aromatic heterocycles. The van der Waals surface area contributed by atoms with Crippen LogP contribution in [0.3, 0.4) is 0 Å². The number of carbonyl (C=O) groups excluding carboxylic acids is 2. The first-order valence-electron chi connectivity index (χ1n) is 10.2. The van der Waals surface area contributed by atoms with Crippen LogP contribution < -0.4 is 5.32 Å². The van der Waals surface area contributed by atoms with Crippen molar-refractivity contribution in [2.45, 2.75) is 32.6 Å². The monoisotopic (exact) mass is 500 g/mol. The van der Waals surface area contributed by atoms with Gasteiger partial charge in [0.05, 0.1) is 35.4 Å². The van der Waals surface area contributed by atoms with E-state index in [0.717, 1.165) is 0 Å². The number of aromatic nitrogens is 1. The van der Waals surface area contributed by atoms with Crippen LogP contribution in [0.2, 0.25) is 10.0 Å². The predicted molar refractivity (Wildman–Crippen MR) is 126 cm³/mol. The summed E-state index contributed by atoms with van der Waals surface area (Å²) in [6, 6.07) is 4.54. The minimum atomic E-state index is -0.334. The fourth-order valence-corrected chi connectivity index (χ4v) is 4.46. The van der Waals surface area contributed by atoms with Crippen molar-refractivity contribution in [2.75, 3.05) is 38.7 Å². The highest BCUT2D eigenvalue weighted by Gasteiger charge is 2.28. The van der Waals surface area contributed by atoms with E-state index in [1.807, 2.05) is 13.8 Å². The van der Waals surface area contributed by atoms with Crippen molar-refractivity contribution in [3.05, 3.63) is 44.3 Å². The van der Waals surface area contributed by atoms with Gasteiger partial charge in [0, 0.05) is 37.8 Å². The van der Waals surface area contributed by atoms with Gasteiger partial charge in [0.15, 0.2) is 0 Å². The molecule has 0 radical (unpaired) electrons. The van der Waals surface area contributed by atoms with Crippen molar-refractivity contribution in [1.29, 1.82) is 0 Å². The number of hydrogen-bond donors (Lipinski definition) is 1. The van der Waals surface area contributed by atoms with Gasteiger partial charge in [-0.05, 0) is 32.0 Å². The molecule has 8 nitrogen and oxygen atoms in total. The van der Waals surface area contributed by atoms with Crippen molar-refractivity contribution in [2.24, 2.45) is 0 Å². The molecule has 0 bridgehead atoms. The van der Waals surface area contributed by atoms with Crippen LogP contribution in [0.5, 0.6) is 0 Å². The number of halogens is 2. The van der Waals surface area contributed by atoms with Crippen molar-refractivity contribution in [3.8, 4) is 0 Å². The van der Waals surface area contributed by atoms with Crippen LogP contribution >= 0.6 is 34.5 Å². The molecule has 1 saturated heterocycles. The van der Waals surface area contributed by atoms with Crippen LogP contribution in [0.4, 0.5) is 10.5 Å². The molecule has 1 aromatic carbocycles. The number of nitrogens with one attached hydrogen (secondary N) is 1. The summed E-state index contributed by atoms with van der Waals surface area (Å²) >= 11 is 13.3. The zero-order valence-electron chi connectivity index (χ0n) is 18.1. The van der Waals surface area contributed by atoms with Crippen LogP contribution in [-0.2, 0) is 16.0 Å². The molecule has 3 amide bonds. The Hall–Kier alpha value is -1.91. The number of methoxy groups -OCH3 is 1. The average Bonchev–Trinajstić information content (AvgIpc) is 3.21. The average molecular weight is 501 g/mol. The number of hydrogen-bond acceptors (Lipinski definition) is 6. The molecule has 2 unspecified atom stereocenters. The molecular formula is C21H26Cl2N4O4S. The Morgan fingerprint density at radius 3 is 2.66 bits per heavy atom. The minimum absolute atomic E-state index is 0.0181. The summed E-state index contributed by atoms with van der Waals surface area (Å²) in [7, 11) is 1.57. The van der Waals surface area contributed by atoms with Gasteiger partial charge < -0.3 is 24.6 Å². The van der Waals surface area contributed by atoms with Crippen molar-refractivity contribution < 1.29 is 19.1 Å². The van der Waals surface area contributed by atoms with Gasteiger partial charge in [0.25, 0.3) is 5.91 Å². The van der Waals surface area contributed by atoms with Crippen LogP contribution in [0.25, 0.3) is 0 Å². The molecule has 32 heavy (non-hydrogen) atoms. The quantitative estimate of drug-likeness (QED) is 0.609. The lowest BCUT2D eigenvalue weighted by molar-refractivity contribution is -0.0587. The number of anilines is 1. The summed E-state index contributed by atoms with van der Waals surface area (Å²) in [6.45, 7) is 5.90. The molecule has 1 aliphatic rings. The fraction of sp³-hybridized carbons (Fsp3) is 0.476. The smallest absolute Gasteiger partial charge is 0.322 e. The number of nitrogens with zero attached hydrogens (tertiary/aromatic N) is 3. The van der Waals surface area contributed by atoms with E-state index in [-0.39, 0.29) is 30.7 Å². The lowest BCUT2D eigenvalue weighted by atomic mass is 10.2. The summed E-state index contributed by atoms with van der Waals surface area (Å²) in [6.07, 6.45) is -0.0363. The standard InChI is InChI=1S/C21H26Cl2N4O4S/c1-13-9-27(10-14(2)31-13)20(28)18-12-32-19(25-18)11-26(6-7-30-3)21(29)24-15-4-5-16(22)17(23)8-15/h4-5,8,12-14H,6-7,9-11H2,1-3H3,(H,24,29). The van der Waals surface area contributed by atoms with E-state index in [0.29, 0.717) is 52.7 Å². The third-order valence-electron chi connectivity index (χ3n) is 4.83. The van der Waals surface area contributed by atoms with E-state index < -0.39 is 0 Å². The Morgan fingerprint density at radius 1 is 1.28 bits per heavy atom. The third kappa shape index (κ3) is 6.55. The molecule has 2 atom stereocenters. The van der Waals surface area contributed by atoms with Crippen molar-refractivity contribution >= 4 is 52.2 Å². The fourth-order valence-electron chi connectivity index (χ4n) is 3.38. The highest BCUT2D eigenvalue weighted by Crippen LogP contribution is 2.25. The van der Waals surface area contributed by atoms with Crippen LogP contribution in [0.15, 0.2) is 23.6 Å². The molecule has 3 rings (SSSR count). The van der Waals surface area contributed by atoms with E-state index in [1.54, 1.807) is 40.5 Å². The second kappa shape index (κ2) is 11.3. The minimum Gasteiger partial charge on any atom is -0.383 e. The zero-order valence-corrected chi connectivity index (χ0v) is 20.5. The SMILES string of the molecule is COCCN(Cc1nc(C(=O)N2CC(C)OC(C)C2)cs1)C(=O)Nc1ccc(Cl)c(Cl)c1. The van der Waals surface area contributed by atoms with Crippen LogP contribution in [0.1, 0.15) is 29.3 Å². The highest BCUT2D eigenvalue weighted by molar-refractivity contribution is 7.09. The Bertz CT molecular complexity index is 948. The Labute approximate surface area is 201 Å². The summed E-state index contributed by atoms with van der Waals surface area (Å²) in [5.74, 6) is -0.127. The first-order chi connectivity index (χ1) is 15.3. The topological polar surface area (TPSA) is 84.0 Å². The number of morpholine rings is 1. The Morgan fingerprint density at radius 2 is 2.00 bits per heavy atom. The second-order valence-electron chi connectivity index (χ2n) is 7.57. The van der Waals surface area contributed by atoms with E-state index in [4.69, 9.17) is 32.7 Å². The maximum Gasteiger partial charge on any atom is 0.322 e. The highest BCUT2D eigenvalue weighted by atomic mass is 35.5. The summed E-state index contributed by atoms with van der Waals surface area (Å²) in [5, 5.41) is 5.95. The summed E-state index contributed by atoms with van der Waals surface area (Å²) in [4.78, 5) is 33.5. The third-order valence-corrected chi connectivity index (χ3v) is 6.40. The van der Waals surface area contributed by atoms with Gasteiger partial charge in [0.2, 0.25) is 0 Å². The molecule has 1 fully saturated rings. The van der Waals surface area contributed by atoms with Crippen LogP contribution in [-0.4, -0.2) is 72.3 Å². The summed E-state index contributed by atoms with van der Waals surface area (Å²) < 4.78 is 10.8. The molecule has 2 heterocycles. The van der Waals surface area contributed by atoms with Gasteiger partial charge in [-0.1, -0.05) is 23.2 Å². The van der Waals surface area contributed by atoms with Gasteiger partial charge >= 0.3 is 6.03 Å². The van der Waals surface area contributed by atoms with Gasteiger partial charge in [0.1, 0.15) is 10.7 Å².